The molecule has 0 radical (unpaired) electrons. The molecule has 18 heavy (non-hydrogen) atoms. The largest absolute Gasteiger partial charge is 0.450 e. The van der Waals surface area contributed by atoms with Gasteiger partial charge >= 0.3 is 0 Å². The molecule has 0 fully saturated rings. The summed E-state index contributed by atoms with van der Waals surface area (Å²) in [4.78, 5) is 11.9. The number of fused-ring (bicyclic) bond motifs is 3. The number of hydrogen-bond donors (Lipinski definition) is 1. The van der Waals surface area contributed by atoms with Gasteiger partial charge in [0.25, 0.3) is 0 Å². The molecule has 0 aliphatic heterocycles. The molecule has 90 valence electrons. The number of aromatic nitrogens is 1. The molecule has 3 rings (SSSR count). The Balaban J connectivity index is 2.58. The van der Waals surface area contributed by atoms with Gasteiger partial charge in [0.05, 0.1) is 17.4 Å². The van der Waals surface area contributed by atoms with Gasteiger partial charge in [-0.05, 0) is 12.1 Å². The van der Waals surface area contributed by atoms with Crippen LogP contribution in [0.3, 0.4) is 0 Å². The van der Waals surface area contributed by atoms with Crippen molar-refractivity contribution >= 4 is 28.3 Å². The van der Waals surface area contributed by atoms with Crippen LogP contribution in [0.15, 0.2) is 44.7 Å². The second-order valence-corrected chi connectivity index (χ2v) is 4.01. The second-order valence-electron chi connectivity index (χ2n) is 4.01. The third kappa shape index (κ3) is 1.34. The van der Waals surface area contributed by atoms with Gasteiger partial charge < -0.3 is 14.2 Å². The average Bonchev–Trinajstić information content (AvgIpc) is 2.76. The van der Waals surface area contributed by atoms with Crippen molar-refractivity contribution in [2.75, 3.05) is 0 Å². The minimum absolute atomic E-state index is 0.228. The molecule has 5 heteroatoms. The van der Waals surface area contributed by atoms with Gasteiger partial charge in [-0.3, -0.25) is 4.79 Å². The minimum Gasteiger partial charge on any atom is -0.450 e. The molecule has 0 saturated carbocycles. The highest BCUT2D eigenvalue weighted by Crippen LogP contribution is 2.26. The summed E-state index contributed by atoms with van der Waals surface area (Å²) in [6, 6.07) is 8.82. The van der Waals surface area contributed by atoms with Crippen molar-refractivity contribution < 1.29 is 9.62 Å². The molecule has 2 heterocycles. The summed E-state index contributed by atoms with van der Waals surface area (Å²) in [6.07, 6.45) is 1.22. The summed E-state index contributed by atoms with van der Waals surface area (Å²) >= 11 is 0. The second kappa shape index (κ2) is 3.73. The fourth-order valence-electron chi connectivity index (χ4n) is 2.14. The van der Waals surface area contributed by atoms with Crippen LogP contribution in [0.4, 0.5) is 0 Å². The number of benzene rings is 1. The smallest absolute Gasteiger partial charge is 0.225 e. The van der Waals surface area contributed by atoms with Crippen molar-refractivity contribution in [3.05, 3.63) is 46.2 Å². The van der Waals surface area contributed by atoms with E-state index in [1.54, 1.807) is 11.6 Å². The molecule has 1 N–H and O–H groups in total. The number of hydrogen-bond acceptors (Lipinski definition) is 4. The van der Waals surface area contributed by atoms with Crippen molar-refractivity contribution in [1.29, 1.82) is 0 Å². The van der Waals surface area contributed by atoms with Gasteiger partial charge in [0.1, 0.15) is 5.58 Å². The average molecular weight is 242 g/mol. The lowest BCUT2D eigenvalue weighted by atomic mass is 10.2. The fraction of sp³-hybridized carbons (Fsp3) is 0.0769. The molecule has 0 unspecified atom stereocenters. The highest BCUT2D eigenvalue weighted by molar-refractivity contribution is 6.03. The van der Waals surface area contributed by atoms with E-state index in [2.05, 4.69) is 5.16 Å². The van der Waals surface area contributed by atoms with E-state index >= 15 is 0 Å². The first kappa shape index (κ1) is 10.6. The first-order chi connectivity index (χ1) is 8.72. The van der Waals surface area contributed by atoms with Gasteiger partial charge in [0, 0.05) is 18.5 Å². The quantitative estimate of drug-likeness (QED) is 0.403. The maximum Gasteiger partial charge on any atom is 0.225 e. The Hall–Kier alpha value is -2.56. The van der Waals surface area contributed by atoms with Gasteiger partial charge in [0.15, 0.2) is 5.58 Å². The molecule has 0 aliphatic rings. The van der Waals surface area contributed by atoms with Crippen LogP contribution in [0.5, 0.6) is 0 Å². The Labute approximate surface area is 102 Å². The highest BCUT2D eigenvalue weighted by Gasteiger charge is 2.13. The molecular weight excluding hydrogens is 232 g/mol. The first-order valence-corrected chi connectivity index (χ1v) is 5.41. The number of pyridine rings is 1. The van der Waals surface area contributed by atoms with E-state index in [9.17, 15) is 4.79 Å². The molecule has 0 bridgehead atoms. The van der Waals surface area contributed by atoms with E-state index in [-0.39, 0.29) is 5.43 Å². The Kier molecular flexibility index (Phi) is 2.19. The van der Waals surface area contributed by atoms with Crippen molar-refractivity contribution in [2.45, 2.75) is 0 Å². The van der Waals surface area contributed by atoms with Crippen LogP contribution >= 0.6 is 0 Å². The summed E-state index contributed by atoms with van der Waals surface area (Å²) in [5.41, 5.74) is 1.97. The van der Waals surface area contributed by atoms with Crippen LogP contribution in [0.2, 0.25) is 0 Å². The Morgan fingerprint density at radius 3 is 2.94 bits per heavy atom. The van der Waals surface area contributed by atoms with Crippen LogP contribution < -0.4 is 5.43 Å². The summed E-state index contributed by atoms with van der Waals surface area (Å²) in [7, 11) is 1.79. The standard InChI is InChI=1S/C13H10N2O3/c1-15-8(7-14-17)6-10(16)13-12(15)9-4-2-3-5-11(9)18-13/h2-7,17H,1H3/b14-7+. The molecular formula is C13H10N2O3. The third-order valence-electron chi connectivity index (χ3n) is 2.98. The van der Waals surface area contributed by atoms with Crippen LogP contribution in [0.1, 0.15) is 5.69 Å². The van der Waals surface area contributed by atoms with Crippen LogP contribution in [-0.4, -0.2) is 16.0 Å². The number of para-hydroxylation sites is 1. The topological polar surface area (TPSA) is 67.7 Å². The SMILES string of the molecule is Cn1c(/C=N/O)cc(=O)c2oc3ccccc3c21. The van der Waals surface area contributed by atoms with E-state index in [0.29, 0.717) is 22.4 Å². The molecule has 0 saturated heterocycles. The molecule has 0 spiro atoms. The normalized spacial score (nSPS) is 11.8. The molecule has 5 nitrogen and oxygen atoms in total. The zero-order valence-electron chi connectivity index (χ0n) is 9.62. The third-order valence-corrected chi connectivity index (χ3v) is 2.98. The summed E-state index contributed by atoms with van der Waals surface area (Å²) in [6.45, 7) is 0. The Morgan fingerprint density at radius 1 is 1.39 bits per heavy atom. The molecule has 0 atom stereocenters. The van der Waals surface area contributed by atoms with Gasteiger partial charge in [-0.25, -0.2) is 0 Å². The van der Waals surface area contributed by atoms with Gasteiger partial charge in [-0.1, -0.05) is 17.3 Å². The summed E-state index contributed by atoms with van der Waals surface area (Å²) in [5, 5.41) is 12.4. The van der Waals surface area contributed by atoms with Crippen LogP contribution in [0, 0.1) is 0 Å². The monoisotopic (exact) mass is 242 g/mol. The van der Waals surface area contributed by atoms with Gasteiger partial charge in [-0.15, -0.1) is 0 Å². The fourth-order valence-corrected chi connectivity index (χ4v) is 2.14. The van der Waals surface area contributed by atoms with E-state index < -0.39 is 0 Å². The summed E-state index contributed by atoms with van der Waals surface area (Å²) in [5.74, 6) is 0. The van der Waals surface area contributed by atoms with Crippen LogP contribution in [0.25, 0.3) is 22.1 Å². The van der Waals surface area contributed by atoms with Crippen molar-refractivity contribution in [2.24, 2.45) is 12.2 Å². The lowest BCUT2D eigenvalue weighted by molar-refractivity contribution is 0.321. The lowest BCUT2D eigenvalue weighted by Crippen LogP contribution is -2.09. The molecule has 0 aliphatic carbocycles. The maximum absolute atomic E-state index is 11.9. The zero-order chi connectivity index (χ0) is 12.7. The van der Waals surface area contributed by atoms with Crippen molar-refractivity contribution in [3.63, 3.8) is 0 Å². The molecule has 0 amide bonds. The maximum atomic E-state index is 11.9. The van der Waals surface area contributed by atoms with Gasteiger partial charge in [0.2, 0.25) is 5.43 Å². The number of aryl methyl sites for hydroxylation is 1. The number of oxime groups is 1. The number of rotatable bonds is 1. The van der Waals surface area contributed by atoms with E-state index in [1.165, 1.54) is 12.3 Å². The number of furan rings is 1. The summed E-state index contributed by atoms with van der Waals surface area (Å²) < 4.78 is 7.32. The molecule has 2 aromatic heterocycles. The predicted molar refractivity (Wildman–Crippen MR) is 68.3 cm³/mol. The lowest BCUT2D eigenvalue weighted by Gasteiger charge is -2.04. The zero-order valence-corrected chi connectivity index (χ0v) is 9.62. The van der Waals surface area contributed by atoms with E-state index in [0.717, 1.165) is 5.39 Å². The minimum atomic E-state index is -0.228. The Bertz CT molecular complexity index is 827. The Morgan fingerprint density at radius 2 is 2.17 bits per heavy atom. The van der Waals surface area contributed by atoms with Crippen molar-refractivity contribution in [1.82, 2.24) is 4.57 Å². The predicted octanol–water partition coefficient (Wildman–Crippen LogP) is 2.09. The number of nitrogens with zero attached hydrogens (tertiary/aromatic N) is 2. The van der Waals surface area contributed by atoms with Gasteiger partial charge in [-0.2, -0.15) is 0 Å². The van der Waals surface area contributed by atoms with E-state index in [4.69, 9.17) is 9.62 Å². The highest BCUT2D eigenvalue weighted by atomic mass is 16.4. The van der Waals surface area contributed by atoms with Crippen LogP contribution in [-0.2, 0) is 7.05 Å². The molecule has 3 aromatic rings. The van der Waals surface area contributed by atoms with Crippen molar-refractivity contribution in [3.8, 4) is 0 Å². The first-order valence-electron chi connectivity index (χ1n) is 5.41. The van der Waals surface area contributed by atoms with E-state index in [1.807, 2.05) is 24.3 Å². The molecule has 1 aromatic carbocycles.